The number of ether oxygens (including phenoxy) is 1. The van der Waals surface area contributed by atoms with Crippen molar-refractivity contribution < 1.29 is 14.6 Å². The van der Waals surface area contributed by atoms with Gasteiger partial charge < -0.3 is 15.2 Å². The van der Waals surface area contributed by atoms with Gasteiger partial charge in [-0.2, -0.15) is 5.26 Å². The second-order valence-corrected chi connectivity index (χ2v) is 6.80. The molecule has 0 aromatic rings. The van der Waals surface area contributed by atoms with Gasteiger partial charge in [-0.05, 0) is 39.5 Å². The van der Waals surface area contributed by atoms with Crippen molar-refractivity contribution in [3.8, 4) is 6.07 Å². The Bertz CT molecular complexity index is 424. The number of morpholine rings is 1. The van der Waals surface area contributed by atoms with Crippen LogP contribution in [0.15, 0.2) is 0 Å². The lowest BCUT2D eigenvalue weighted by Gasteiger charge is -2.42. The molecule has 1 unspecified atom stereocenters. The molecule has 0 spiro atoms. The molecule has 1 heterocycles. The Hall–Kier alpha value is -1.16. The molecule has 1 amide bonds. The van der Waals surface area contributed by atoms with Crippen molar-refractivity contribution in [1.29, 1.82) is 5.26 Å². The summed E-state index contributed by atoms with van der Waals surface area (Å²) in [5.74, 6) is -0.118. The SMILES string of the molecule is CC1(C)CN(CC(=O)NC2(C#N)CCCC2)CC(CO)O1. The highest BCUT2D eigenvalue weighted by molar-refractivity contribution is 5.79. The van der Waals surface area contributed by atoms with Crippen molar-refractivity contribution in [2.45, 2.75) is 56.8 Å². The predicted octanol–water partition coefficient (Wildman–Crippen LogP) is 0.411. The van der Waals surface area contributed by atoms with Crippen LogP contribution in [0.1, 0.15) is 39.5 Å². The summed E-state index contributed by atoms with van der Waals surface area (Å²) >= 11 is 0. The molecule has 2 rings (SSSR count). The fraction of sp³-hybridized carbons (Fsp3) is 0.867. The first-order chi connectivity index (χ1) is 9.88. The smallest absolute Gasteiger partial charge is 0.235 e. The highest BCUT2D eigenvalue weighted by Gasteiger charge is 2.37. The fourth-order valence-corrected chi connectivity index (χ4v) is 3.39. The van der Waals surface area contributed by atoms with Crippen LogP contribution in [-0.2, 0) is 9.53 Å². The van der Waals surface area contributed by atoms with Gasteiger partial charge in [0.15, 0.2) is 0 Å². The second kappa shape index (κ2) is 6.30. The van der Waals surface area contributed by atoms with E-state index in [1.54, 1.807) is 0 Å². The fourth-order valence-electron chi connectivity index (χ4n) is 3.39. The zero-order valence-electron chi connectivity index (χ0n) is 12.9. The van der Waals surface area contributed by atoms with Gasteiger partial charge >= 0.3 is 0 Å². The molecule has 118 valence electrons. The number of aliphatic hydroxyl groups excluding tert-OH is 1. The van der Waals surface area contributed by atoms with Gasteiger partial charge in [0, 0.05) is 13.1 Å². The third kappa shape index (κ3) is 4.16. The van der Waals surface area contributed by atoms with E-state index >= 15 is 0 Å². The van der Waals surface area contributed by atoms with E-state index in [1.807, 2.05) is 18.7 Å². The van der Waals surface area contributed by atoms with Crippen LogP contribution >= 0.6 is 0 Å². The standard InChI is InChI=1S/C15H25N3O3/c1-14(2)11-18(7-12(9-19)21-14)8-13(20)17-15(10-16)5-3-4-6-15/h12,19H,3-9,11H2,1-2H3,(H,17,20). The molecule has 6 heteroatoms. The van der Waals surface area contributed by atoms with E-state index in [1.165, 1.54) is 0 Å². The topological polar surface area (TPSA) is 85.6 Å². The Kier molecular flexibility index (Phi) is 4.87. The first kappa shape index (κ1) is 16.2. The maximum absolute atomic E-state index is 12.2. The Balaban J connectivity index is 1.91. The minimum atomic E-state index is -0.671. The molecule has 0 bridgehead atoms. The van der Waals surface area contributed by atoms with E-state index < -0.39 is 5.54 Å². The van der Waals surface area contributed by atoms with E-state index in [0.29, 0.717) is 13.1 Å². The number of nitriles is 1. The molecule has 0 radical (unpaired) electrons. The monoisotopic (exact) mass is 295 g/mol. The van der Waals surface area contributed by atoms with Gasteiger partial charge in [0.05, 0.1) is 30.9 Å². The summed E-state index contributed by atoms with van der Waals surface area (Å²) < 4.78 is 5.73. The van der Waals surface area contributed by atoms with Crippen molar-refractivity contribution >= 4 is 5.91 Å². The van der Waals surface area contributed by atoms with E-state index in [2.05, 4.69) is 11.4 Å². The van der Waals surface area contributed by atoms with Gasteiger partial charge in [-0.15, -0.1) is 0 Å². The van der Waals surface area contributed by atoms with Gasteiger partial charge in [-0.3, -0.25) is 9.69 Å². The zero-order chi connectivity index (χ0) is 15.5. The van der Waals surface area contributed by atoms with Crippen molar-refractivity contribution in [3.05, 3.63) is 0 Å². The largest absolute Gasteiger partial charge is 0.394 e. The van der Waals surface area contributed by atoms with Crippen molar-refractivity contribution in [2.75, 3.05) is 26.2 Å². The second-order valence-electron chi connectivity index (χ2n) is 6.80. The molecular formula is C15H25N3O3. The van der Waals surface area contributed by atoms with Crippen LogP contribution in [0.5, 0.6) is 0 Å². The normalized spacial score (nSPS) is 28.0. The lowest BCUT2D eigenvalue weighted by molar-refractivity contribution is -0.153. The maximum Gasteiger partial charge on any atom is 0.235 e. The molecule has 0 aromatic heterocycles. The Morgan fingerprint density at radius 3 is 2.71 bits per heavy atom. The van der Waals surface area contributed by atoms with E-state index in [-0.39, 0.29) is 30.8 Å². The van der Waals surface area contributed by atoms with Crippen LogP contribution in [0.2, 0.25) is 0 Å². The van der Waals surface area contributed by atoms with Crippen LogP contribution in [0, 0.1) is 11.3 Å². The van der Waals surface area contributed by atoms with E-state index in [0.717, 1.165) is 25.7 Å². The Morgan fingerprint density at radius 1 is 1.48 bits per heavy atom. The number of amides is 1. The molecule has 0 aromatic carbocycles. The first-order valence-corrected chi connectivity index (χ1v) is 7.61. The van der Waals surface area contributed by atoms with Crippen LogP contribution in [0.25, 0.3) is 0 Å². The molecule has 6 nitrogen and oxygen atoms in total. The molecule has 1 aliphatic heterocycles. The van der Waals surface area contributed by atoms with Crippen LogP contribution < -0.4 is 5.32 Å². The molecule has 1 atom stereocenters. The first-order valence-electron chi connectivity index (χ1n) is 7.61. The van der Waals surface area contributed by atoms with Gasteiger partial charge in [0.2, 0.25) is 5.91 Å². The number of rotatable bonds is 4. The van der Waals surface area contributed by atoms with Crippen molar-refractivity contribution in [1.82, 2.24) is 10.2 Å². The number of hydrogen-bond donors (Lipinski definition) is 2. The molecule has 1 saturated carbocycles. The molecule has 2 aliphatic rings. The van der Waals surface area contributed by atoms with Gasteiger partial charge in [-0.25, -0.2) is 0 Å². The van der Waals surface area contributed by atoms with Crippen LogP contribution in [-0.4, -0.2) is 59.4 Å². The van der Waals surface area contributed by atoms with Gasteiger partial charge in [-0.1, -0.05) is 0 Å². The third-order valence-corrected chi connectivity index (χ3v) is 4.17. The highest BCUT2D eigenvalue weighted by Crippen LogP contribution is 2.29. The molecule has 1 aliphatic carbocycles. The van der Waals surface area contributed by atoms with Gasteiger partial charge in [0.25, 0.3) is 0 Å². The average Bonchev–Trinajstić information content (AvgIpc) is 2.85. The van der Waals surface area contributed by atoms with E-state index in [4.69, 9.17) is 4.74 Å². The summed E-state index contributed by atoms with van der Waals surface area (Å²) in [5.41, 5.74) is -1.05. The highest BCUT2D eigenvalue weighted by atomic mass is 16.5. The summed E-state index contributed by atoms with van der Waals surface area (Å²) in [6, 6.07) is 2.27. The number of carbonyl (C=O) groups is 1. The minimum absolute atomic E-state index is 0.0519. The molecule has 21 heavy (non-hydrogen) atoms. The summed E-state index contributed by atoms with van der Waals surface area (Å²) in [4.78, 5) is 14.2. The summed E-state index contributed by atoms with van der Waals surface area (Å²) in [6.07, 6.45) is 3.19. The molecule has 2 fully saturated rings. The summed E-state index contributed by atoms with van der Waals surface area (Å²) in [7, 11) is 0. The third-order valence-electron chi connectivity index (χ3n) is 4.17. The van der Waals surface area contributed by atoms with Crippen LogP contribution in [0.4, 0.5) is 0 Å². The lowest BCUT2D eigenvalue weighted by atomic mass is 10.00. The maximum atomic E-state index is 12.2. The summed E-state index contributed by atoms with van der Waals surface area (Å²) in [5, 5.41) is 21.5. The Labute approximate surface area is 126 Å². The number of nitrogens with one attached hydrogen (secondary N) is 1. The van der Waals surface area contributed by atoms with Crippen molar-refractivity contribution in [2.24, 2.45) is 0 Å². The minimum Gasteiger partial charge on any atom is -0.394 e. The molecule has 1 saturated heterocycles. The van der Waals surface area contributed by atoms with Gasteiger partial charge in [0.1, 0.15) is 5.54 Å². The molecule has 2 N–H and O–H groups in total. The Morgan fingerprint density at radius 2 is 2.14 bits per heavy atom. The summed E-state index contributed by atoms with van der Waals surface area (Å²) in [6.45, 7) is 5.26. The lowest BCUT2D eigenvalue weighted by Crippen LogP contribution is -2.57. The number of nitrogens with zero attached hydrogens (tertiary/aromatic N) is 2. The number of carbonyl (C=O) groups excluding carboxylic acids is 1. The van der Waals surface area contributed by atoms with Crippen molar-refractivity contribution in [3.63, 3.8) is 0 Å². The number of aliphatic hydroxyl groups is 1. The molecular weight excluding hydrogens is 270 g/mol. The predicted molar refractivity (Wildman–Crippen MR) is 77.4 cm³/mol. The number of hydrogen-bond acceptors (Lipinski definition) is 5. The zero-order valence-corrected chi connectivity index (χ0v) is 12.9. The van der Waals surface area contributed by atoms with E-state index in [9.17, 15) is 15.2 Å². The average molecular weight is 295 g/mol. The van der Waals surface area contributed by atoms with Crippen LogP contribution in [0.3, 0.4) is 0 Å². The quantitative estimate of drug-likeness (QED) is 0.784.